The van der Waals surface area contributed by atoms with Gasteiger partial charge < -0.3 is 10.2 Å². The van der Waals surface area contributed by atoms with E-state index in [1.54, 1.807) is 0 Å². The molecule has 0 saturated heterocycles. The van der Waals surface area contributed by atoms with Crippen LogP contribution in [0.2, 0.25) is 0 Å². The predicted octanol–water partition coefficient (Wildman–Crippen LogP) is -0.601. The second-order valence-corrected chi connectivity index (χ2v) is 0.211. The van der Waals surface area contributed by atoms with Crippen molar-refractivity contribution in [2.75, 3.05) is 0 Å². The summed E-state index contributed by atoms with van der Waals surface area (Å²) in [6, 6.07) is 0. The van der Waals surface area contributed by atoms with Crippen LogP contribution < -0.4 is 0 Å². The van der Waals surface area contributed by atoms with Crippen molar-refractivity contribution in [1.82, 2.24) is 0 Å². The summed E-state index contributed by atoms with van der Waals surface area (Å²) < 4.78 is 0. The second kappa shape index (κ2) is 46.2. The zero-order valence-electron chi connectivity index (χ0n) is 3.18. The average molecular weight is 198 g/mol. The molecule has 46 valence electrons. The van der Waals surface area contributed by atoms with E-state index in [1.165, 1.54) is 0 Å². The molecule has 0 fully saturated rings. The topological polar surface area (TPSA) is 74.6 Å². The van der Waals surface area contributed by atoms with Gasteiger partial charge in [0.1, 0.15) is 0 Å². The quantitative estimate of drug-likeness (QED) is 0.403. The van der Waals surface area contributed by atoms with E-state index in [2.05, 4.69) is 0 Å². The van der Waals surface area contributed by atoms with Gasteiger partial charge in [0.2, 0.25) is 0 Å². The smallest absolute Gasteiger partial charge is 0.290 e. The maximum atomic E-state index is 8.36. The van der Waals surface area contributed by atoms with Gasteiger partial charge in [0, 0.05) is 20.4 Å². The second-order valence-electron chi connectivity index (χ2n) is 0.211. The van der Waals surface area contributed by atoms with Crippen molar-refractivity contribution in [1.29, 1.82) is 0 Å². The molecule has 0 aliphatic heterocycles. The molecule has 2 N–H and O–H groups in total. The van der Waals surface area contributed by atoms with Crippen molar-refractivity contribution in [2.24, 2.45) is 0 Å². The Bertz CT molecular complexity index is 30.7. The Hall–Kier alpha value is -0.398. The molecule has 0 bridgehead atoms. The van der Waals surface area contributed by atoms with Crippen LogP contribution in [0.25, 0.3) is 0 Å². The first-order valence-corrected chi connectivity index (χ1v) is 0.988. The Labute approximate surface area is 53.8 Å². The summed E-state index contributed by atoms with van der Waals surface area (Å²) in [7, 11) is 0. The first-order valence-electron chi connectivity index (χ1n) is 0.988. The molecule has 0 saturated carbocycles. The summed E-state index contributed by atoms with van der Waals surface area (Å²) >= 11 is 0. The van der Waals surface area contributed by atoms with E-state index in [4.69, 9.17) is 19.8 Å². The molecule has 0 atom stereocenters. The molecular formula is C2H4O4Pd. The van der Waals surface area contributed by atoms with Crippen LogP contribution in [0.15, 0.2) is 0 Å². The van der Waals surface area contributed by atoms with Gasteiger partial charge in [-0.2, -0.15) is 0 Å². The zero-order valence-corrected chi connectivity index (χ0v) is 4.74. The standard InChI is InChI=1S/2CH2O2.Pd/c2*2-1-3;/h2*1H,(H,2,3);. The Kier molecular flexibility index (Phi) is 105. The molecule has 0 radical (unpaired) electrons. The van der Waals surface area contributed by atoms with Gasteiger partial charge in [-0.1, -0.05) is 0 Å². The van der Waals surface area contributed by atoms with Gasteiger partial charge >= 0.3 is 0 Å². The van der Waals surface area contributed by atoms with Crippen molar-refractivity contribution < 1.29 is 40.2 Å². The van der Waals surface area contributed by atoms with E-state index in [-0.39, 0.29) is 33.4 Å². The molecule has 5 heteroatoms. The largest absolute Gasteiger partial charge is 0.483 e. The van der Waals surface area contributed by atoms with Crippen LogP contribution in [0.1, 0.15) is 0 Å². The number of carboxylic acid groups (broad SMARTS) is 2. The van der Waals surface area contributed by atoms with Gasteiger partial charge in [0.05, 0.1) is 0 Å². The number of hydrogen-bond donors (Lipinski definition) is 2. The summed E-state index contributed by atoms with van der Waals surface area (Å²) in [6.45, 7) is -0.500. The third kappa shape index (κ3) is 460. The zero-order chi connectivity index (χ0) is 5.41. The molecule has 0 aromatic heterocycles. The predicted molar refractivity (Wildman–Crippen MR) is 17.4 cm³/mol. The Morgan fingerprint density at radius 2 is 1.00 bits per heavy atom. The average Bonchev–Trinajstić information content (AvgIpc) is 1.39. The fourth-order valence-corrected chi connectivity index (χ4v) is 0. The fourth-order valence-electron chi connectivity index (χ4n) is 0. The molecule has 0 amide bonds. The van der Waals surface area contributed by atoms with Gasteiger partial charge in [-0.25, -0.2) is 0 Å². The van der Waals surface area contributed by atoms with E-state index in [0.29, 0.717) is 0 Å². The molecule has 0 aromatic rings. The van der Waals surface area contributed by atoms with Crippen molar-refractivity contribution in [3.05, 3.63) is 0 Å². The van der Waals surface area contributed by atoms with Gasteiger partial charge in [0.25, 0.3) is 12.9 Å². The summed E-state index contributed by atoms with van der Waals surface area (Å²) in [5.74, 6) is 0. The fraction of sp³-hybridized carbons (Fsp3) is 0. The molecule has 0 aliphatic rings. The molecule has 0 unspecified atom stereocenters. The van der Waals surface area contributed by atoms with Crippen LogP contribution in [0.3, 0.4) is 0 Å². The normalized spacial score (nSPS) is 3.43. The summed E-state index contributed by atoms with van der Waals surface area (Å²) in [5.41, 5.74) is 0. The van der Waals surface area contributed by atoms with Crippen molar-refractivity contribution in [3.63, 3.8) is 0 Å². The molecule has 7 heavy (non-hydrogen) atoms. The van der Waals surface area contributed by atoms with Gasteiger partial charge in [-0.05, 0) is 0 Å². The van der Waals surface area contributed by atoms with Crippen LogP contribution in [-0.4, -0.2) is 23.2 Å². The van der Waals surface area contributed by atoms with E-state index in [1.807, 2.05) is 0 Å². The van der Waals surface area contributed by atoms with Crippen molar-refractivity contribution in [2.45, 2.75) is 0 Å². The van der Waals surface area contributed by atoms with Gasteiger partial charge in [-0.3, -0.25) is 9.59 Å². The van der Waals surface area contributed by atoms with Gasteiger partial charge in [-0.15, -0.1) is 0 Å². The Morgan fingerprint density at radius 3 is 1.00 bits per heavy atom. The van der Waals surface area contributed by atoms with Crippen LogP contribution >= 0.6 is 0 Å². The minimum absolute atomic E-state index is 0. The van der Waals surface area contributed by atoms with Crippen molar-refractivity contribution in [3.8, 4) is 0 Å². The third-order valence-electron chi connectivity index (χ3n) is 0. The summed E-state index contributed by atoms with van der Waals surface area (Å²) in [6.07, 6.45) is 0. The molecule has 4 nitrogen and oxygen atoms in total. The Morgan fingerprint density at radius 1 is 1.00 bits per heavy atom. The molecule has 0 aromatic carbocycles. The van der Waals surface area contributed by atoms with Crippen LogP contribution in [0.4, 0.5) is 0 Å². The molecule has 0 heterocycles. The summed E-state index contributed by atoms with van der Waals surface area (Å²) in [4.78, 5) is 16.7. The van der Waals surface area contributed by atoms with Crippen molar-refractivity contribution >= 4 is 12.9 Å². The minimum atomic E-state index is -0.250. The maximum Gasteiger partial charge on any atom is 0.290 e. The maximum absolute atomic E-state index is 8.36. The first kappa shape index (κ1) is 16.0. The van der Waals surface area contributed by atoms with E-state index in [0.717, 1.165) is 0 Å². The molecule has 0 spiro atoms. The van der Waals surface area contributed by atoms with Gasteiger partial charge in [0.15, 0.2) is 0 Å². The van der Waals surface area contributed by atoms with Crippen LogP contribution in [-0.2, 0) is 30.0 Å². The van der Waals surface area contributed by atoms with E-state index < -0.39 is 0 Å². The SMILES string of the molecule is O=CO.O=CO.[Pd]. The number of carbonyl (C=O) groups is 2. The molecule has 0 rings (SSSR count). The number of rotatable bonds is 0. The Balaban J connectivity index is -0.0000000400. The van der Waals surface area contributed by atoms with Crippen LogP contribution in [0.5, 0.6) is 0 Å². The van der Waals surface area contributed by atoms with Crippen LogP contribution in [0, 0.1) is 0 Å². The number of hydrogen-bond acceptors (Lipinski definition) is 2. The van der Waals surface area contributed by atoms with E-state index >= 15 is 0 Å². The molecular weight excluding hydrogens is 194 g/mol. The summed E-state index contributed by atoms with van der Waals surface area (Å²) in [5, 5.41) is 13.8. The molecule has 0 aliphatic carbocycles. The van der Waals surface area contributed by atoms with E-state index in [9.17, 15) is 0 Å². The minimum Gasteiger partial charge on any atom is -0.483 e. The monoisotopic (exact) mass is 198 g/mol. The first-order chi connectivity index (χ1) is 2.83. The third-order valence-corrected chi connectivity index (χ3v) is 0.